The molecule has 0 aromatic carbocycles. The highest BCUT2D eigenvalue weighted by Crippen LogP contribution is 2.30. The minimum absolute atomic E-state index is 0.0603. The first-order valence-electron chi connectivity index (χ1n) is 9.76. The van der Waals surface area contributed by atoms with E-state index in [4.69, 9.17) is 4.98 Å². The fourth-order valence-corrected chi connectivity index (χ4v) is 4.87. The maximum absolute atomic E-state index is 12.6. The number of piperidine rings is 2. The first-order valence-corrected chi connectivity index (χ1v) is 10.6. The van der Waals surface area contributed by atoms with E-state index >= 15 is 0 Å². The number of nitrogens with one attached hydrogen (secondary N) is 1. The summed E-state index contributed by atoms with van der Waals surface area (Å²) in [5.41, 5.74) is 0.945. The summed E-state index contributed by atoms with van der Waals surface area (Å²) in [6.07, 6.45) is 7.75. The summed E-state index contributed by atoms with van der Waals surface area (Å²) in [7, 11) is 0. The van der Waals surface area contributed by atoms with Crippen molar-refractivity contribution in [3.63, 3.8) is 0 Å². The molecule has 2 aromatic rings. The van der Waals surface area contributed by atoms with Crippen LogP contribution in [-0.2, 0) is 4.79 Å². The lowest BCUT2D eigenvalue weighted by molar-refractivity contribution is -0.125. The van der Waals surface area contributed by atoms with Crippen LogP contribution in [0.15, 0.2) is 18.3 Å². The van der Waals surface area contributed by atoms with Gasteiger partial charge in [-0.1, -0.05) is 17.8 Å². The number of hydrogen-bond donors (Lipinski definition) is 1. The lowest BCUT2D eigenvalue weighted by Gasteiger charge is -2.32. The van der Waals surface area contributed by atoms with E-state index < -0.39 is 0 Å². The summed E-state index contributed by atoms with van der Waals surface area (Å²) in [6.45, 7) is 5.83. The molecule has 2 aliphatic heterocycles. The van der Waals surface area contributed by atoms with Crippen molar-refractivity contribution in [1.82, 2.24) is 20.2 Å². The fourth-order valence-electron chi connectivity index (χ4n) is 3.92. The van der Waals surface area contributed by atoms with Crippen LogP contribution < -0.4 is 10.2 Å². The van der Waals surface area contributed by atoms with E-state index in [0.717, 1.165) is 54.5 Å². The lowest BCUT2D eigenvalue weighted by Crippen LogP contribution is -2.45. The third-order valence-corrected chi connectivity index (χ3v) is 6.43. The van der Waals surface area contributed by atoms with Crippen LogP contribution in [0.4, 0.5) is 5.13 Å². The number of carbonyl (C=O) groups is 1. The Labute approximate surface area is 158 Å². The number of thiazole rings is 1. The molecule has 1 amide bonds. The van der Waals surface area contributed by atoms with Gasteiger partial charge in [0.15, 0.2) is 5.13 Å². The largest absolute Gasteiger partial charge is 0.355 e. The molecule has 26 heavy (non-hydrogen) atoms. The van der Waals surface area contributed by atoms with Crippen molar-refractivity contribution in [1.29, 1.82) is 0 Å². The van der Waals surface area contributed by atoms with E-state index in [0.29, 0.717) is 0 Å². The predicted molar refractivity (Wildman–Crippen MR) is 106 cm³/mol. The number of fused-ring (bicyclic) bond motifs is 1. The molecule has 4 rings (SSSR count). The number of pyridine rings is 1. The van der Waals surface area contributed by atoms with Crippen molar-refractivity contribution in [2.45, 2.75) is 32.1 Å². The molecule has 1 atom stereocenters. The quantitative estimate of drug-likeness (QED) is 0.873. The summed E-state index contributed by atoms with van der Waals surface area (Å²) in [6, 6.07) is 3.91. The van der Waals surface area contributed by atoms with Gasteiger partial charge in [-0.05, 0) is 50.9 Å². The second-order valence-electron chi connectivity index (χ2n) is 7.30. The van der Waals surface area contributed by atoms with Gasteiger partial charge in [-0.3, -0.25) is 4.79 Å². The summed E-state index contributed by atoms with van der Waals surface area (Å²) < 4.78 is 0. The predicted octanol–water partition coefficient (Wildman–Crippen LogP) is 2.51. The number of likely N-dealkylation sites (tertiary alicyclic amines) is 1. The molecule has 2 aliphatic rings. The van der Waals surface area contributed by atoms with Crippen LogP contribution in [0.3, 0.4) is 0 Å². The number of nitrogens with zero attached hydrogens (tertiary/aromatic N) is 4. The highest BCUT2D eigenvalue weighted by molar-refractivity contribution is 7.21. The molecule has 6 nitrogen and oxygen atoms in total. The van der Waals surface area contributed by atoms with Crippen molar-refractivity contribution >= 4 is 32.7 Å². The molecule has 0 aliphatic carbocycles. The van der Waals surface area contributed by atoms with Crippen LogP contribution in [0.1, 0.15) is 32.1 Å². The van der Waals surface area contributed by atoms with Crippen LogP contribution in [-0.4, -0.2) is 60.0 Å². The van der Waals surface area contributed by atoms with Crippen molar-refractivity contribution in [2.75, 3.05) is 44.2 Å². The molecule has 0 bridgehead atoms. The average molecular weight is 374 g/mol. The van der Waals surface area contributed by atoms with Crippen molar-refractivity contribution in [2.24, 2.45) is 5.92 Å². The second-order valence-corrected chi connectivity index (χ2v) is 8.26. The van der Waals surface area contributed by atoms with Crippen LogP contribution in [0.2, 0.25) is 0 Å². The lowest BCUT2D eigenvalue weighted by atomic mass is 9.97. The molecule has 2 saturated heterocycles. The second kappa shape index (κ2) is 8.31. The van der Waals surface area contributed by atoms with Crippen LogP contribution in [0.5, 0.6) is 0 Å². The van der Waals surface area contributed by atoms with Gasteiger partial charge >= 0.3 is 0 Å². The maximum atomic E-state index is 12.6. The highest BCUT2D eigenvalue weighted by Gasteiger charge is 2.27. The van der Waals surface area contributed by atoms with Crippen molar-refractivity contribution in [3.8, 4) is 0 Å². The molecule has 0 spiro atoms. The van der Waals surface area contributed by atoms with Crippen molar-refractivity contribution < 1.29 is 4.79 Å². The van der Waals surface area contributed by atoms with Gasteiger partial charge in [0.2, 0.25) is 5.91 Å². The fraction of sp³-hybridized carbons (Fsp3) is 0.632. The Morgan fingerprint density at radius 1 is 1.23 bits per heavy atom. The van der Waals surface area contributed by atoms with Gasteiger partial charge < -0.3 is 15.1 Å². The maximum Gasteiger partial charge on any atom is 0.224 e. The molecule has 0 radical (unpaired) electrons. The zero-order valence-corrected chi connectivity index (χ0v) is 16.0. The van der Waals surface area contributed by atoms with Gasteiger partial charge in [0.05, 0.1) is 5.92 Å². The first kappa shape index (κ1) is 17.7. The standard InChI is InChI=1S/C19H27N5OS/c25-17(20-9-13-23-10-2-1-3-11-23)15-6-5-12-24(14-15)19-22-16-7-4-8-21-18(16)26-19/h4,7-8,15H,1-3,5-6,9-14H2,(H,20,25)/t15-/m0/s1. The molecule has 140 valence electrons. The number of amides is 1. The number of aromatic nitrogens is 2. The van der Waals surface area contributed by atoms with E-state index in [1.807, 2.05) is 12.1 Å². The van der Waals surface area contributed by atoms with Gasteiger partial charge in [0.1, 0.15) is 10.3 Å². The Morgan fingerprint density at radius 3 is 2.96 bits per heavy atom. The molecular formula is C19H27N5OS. The van der Waals surface area contributed by atoms with E-state index in [1.165, 1.54) is 32.4 Å². The zero-order chi connectivity index (χ0) is 17.8. The summed E-state index contributed by atoms with van der Waals surface area (Å²) in [5.74, 6) is 0.260. The average Bonchev–Trinajstić information content (AvgIpc) is 3.13. The molecular weight excluding hydrogens is 346 g/mol. The SMILES string of the molecule is O=C(NCCN1CCCCC1)[C@H]1CCCN(c2nc3cccnc3s2)C1. The van der Waals surface area contributed by atoms with E-state index in [-0.39, 0.29) is 11.8 Å². The third kappa shape index (κ3) is 4.15. The van der Waals surface area contributed by atoms with E-state index in [2.05, 4.69) is 20.1 Å². The van der Waals surface area contributed by atoms with Crippen LogP contribution in [0.25, 0.3) is 10.3 Å². The Kier molecular flexibility index (Phi) is 5.65. The van der Waals surface area contributed by atoms with Gasteiger partial charge in [-0.25, -0.2) is 9.97 Å². The topological polar surface area (TPSA) is 61.4 Å². The normalized spacial score (nSPS) is 21.8. The highest BCUT2D eigenvalue weighted by atomic mass is 32.1. The van der Waals surface area contributed by atoms with Gasteiger partial charge in [-0.15, -0.1) is 0 Å². The molecule has 7 heteroatoms. The van der Waals surface area contributed by atoms with Gasteiger partial charge in [0, 0.05) is 32.4 Å². The monoisotopic (exact) mass is 373 g/mol. The molecule has 1 N–H and O–H groups in total. The summed E-state index contributed by atoms with van der Waals surface area (Å²) in [5, 5.41) is 4.15. The number of carbonyl (C=O) groups excluding carboxylic acids is 1. The molecule has 2 aromatic heterocycles. The smallest absolute Gasteiger partial charge is 0.224 e. The van der Waals surface area contributed by atoms with E-state index in [9.17, 15) is 4.79 Å². The molecule has 4 heterocycles. The summed E-state index contributed by atoms with van der Waals surface area (Å²) in [4.78, 5) is 27.4. The van der Waals surface area contributed by atoms with Crippen LogP contribution in [0, 0.1) is 5.92 Å². The minimum atomic E-state index is 0.0603. The Hall–Kier alpha value is -1.73. The molecule has 0 saturated carbocycles. The molecule has 0 unspecified atom stereocenters. The number of hydrogen-bond acceptors (Lipinski definition) is 6. The van der Waals surface area contributed by atoms with Crippen molar-refractivity contribution in [3.05, 3.63) is 18.3 Å². The van der Waals surface area contributed by atoms with E-state index in [1.54, 1.807) is 17.5 Å². The molecule has 2 fully saturated rings. The minimum Gasteiger partial charge on any atom is -0.355 e. The van der Waals surface area contributed by atoms with Crippen LogP contribution >= 0.6 is 11.3 Å². The third-order valence-electron chi connectivity index (χ3n) is 5.39. The number of rotatable bonds is 5. The summed E-state index contributed by atoms with van der Waals surface area (Å²) >= 11 is 1.62. The van der Waals surface area contributed by atoms with Gasteiger partial charge in [0.25, 0.3) is 0 Å². The Balaban J connectivity index is 1.30. The first-order chi connectivity index (χ1) is 12.8. The number of anilines is 1. The zero-order valence-electron chi connectivity index (χ0n) is 15.2. The Bertz CT molecular complexity index is 709. The Morgan fingerprint density at radius 2 is 2.12 bits per heavy atom. The van der Waals surface area contributed by atoms with Gasteiger partial charge in [-0.2, -0.15) is 0 Å².